The molecular weight excluding hydrogens is 574 g/mol. The van der Waals surface area contributed by atoms with E-state index in [1.54, 1.807) is 18.2 Å². The SMILES string of the molecule is CCCNC(=O)c1cc(NC(=O)Nc2ccc(C3=NCCCN3)cc2)cc(NC(=S)Nc2ccc(C3=NCCCN3)cc2)c1. The third-order valence-electron chi connectivity index (χ3n) is 6.87. The number of amidine groups is 2. The van der Waals surface area contributed by atoms with Gasteiger partial charge in [0.2, 0.25) is 0 Å². The molecule has 0 saturated carbocycles. The van der Waals surface area contributed by atoms with Gasteiger partial charge in [-0.05, 0) is 98.2 Å². The first-order valence-electron chi connectivity index (χ1n) is 14.8. The zero-order chi connectivity index (χ0) is 30.7. The smallest absolute Gasteiger partial charge is 0.323 e. The minimum absolute atomic E-state index is 0.248. The number of nitrogens with zero attached hydrogens (tertiary/aromatic N) is 2. The van der Waals surface area contributed by atoms with E-state index in [4.69, 9.17) is 12.2 Å². The van der Waals surface area contributed by atoms with Crippen molar-refractivity contribution in [2.24, 2.45) is 9.98 Å². The molecular formula is C32H37N9O2S. The number of aliphatic imine (C=N–C) groups is 2. The molecule has 2 heterocycles. The zero-order valence-electron chi connectivity index (χ0n) is 24.6. The molecule has 0 aromatic heterocycles. The summed E-state index contributed by atoms with van der Waals surface area (Å²) in [6, 6.07) is 19.9. The molecule has 5 rings (SSSR count). The number of nitrogens with one attached hydrogen (secondary N) is 7. The van der Waals surface area contributed by atoms with Crippen LogP contribution < -0.4 is 37.2 Å². The number of carbonyl (C=O) groups excluding carboxylic acids is 2. The quantitative estimate of drug-likeness (QED) is 0.173. The number of anilines is 4. The predicted octanol–water partition coefficient (Wildman–Crippen LogP) is 4.76. The normalized spacial score (nSPS) is 14.1. The Morgan fingerprint density at radius 1 is 0.727 bits per heavy atom. The second kappa shape index (κ2) is 15.0. The van der Waals surface area contributed by atoms with Crippen molar-refractivity contribution in [2.45, 2.75) is 26.2 Å². The van der Waals surface area contributed by atoms with E-state index in [0.717, 1.165) is 73.9 Å². The standard InChI is InChI=1S/C32H37N9O2S/c1-2-13-37-30(42)23-18-26(39-31(43)38-24-9-5-21(6-10-24)28-33-14-3-15-34-28)20-27(19-23)41-32(44)40-25-11-7-22(8-12-25)29-35-16-4-17-36-29/h5-12,18-20H,2-4,13-17H2,1H3,(H,33,34)(H,35,36)(H,37,42)(H2,38,39,43)(H2,40,41,44). The van der Waals surface area contributed by atoms with Crippen LogP contribution in [-0.2, 0) is 0 Å². The maximum Gasteiger partial charge on any atom is 0.323 e. The average Bonchev–Trinajstić information content (AvgIpc) is 3.05. The van der Waals surface area contributed by atoms with Gasteiger partial charge in [-0.3, -0.25) is 14.8 Å². The van der Waals surface area contributed by atoms with Gasteiger partial charge in [0.15, 0.2) is 5.11 Å². The van der Waals surface area contributed by atoms with Gasteiger partial charge in [0, 0.05) is 72.2 Å². The molecule has 0 fully saturated rings. The maximum atomic E-state index is 12.9. The lowest BCUT2D eigenvalue weighted by Gasteiger charge is -2.16. The zero-order valence-corrected chi connectivity index (χ0v) is 25.4. The molecule has 12 heteroatoms. The Labute approximate surface area is 262 Å². The van der Waals surface area contributed by atoms with Crippen molar-refractivity contribution in [3.8, 4) is 0 Å². The van der Waals surface area contributed by atoms with Crippen LogP contribution in [0.4, 0.5) is 27.5 Å². The Balaban J connectivity index is 1.24. The second-order valence-electron chi connectivity index (χ2n) is 10.4. The molecule has 228 valence electrons. The first-order valence-corrected chi connectivity index (χ1v) is 15.2. The summed E-state index contributed by atoms with van der Waals surface area (Å²) in [6.07, 6.45) is 2.86. The van der Waals surface area contributed by atoms with E-state index >= 15 is 0 Å². The third kappa shape index (κ3) is 8.54. The number of hydrogen-bond donors (Lipinski definition) is 7. The summed E-state index contributed by atoms with van der Waals surface area (Å²) in [6.45, 7) is 5.97. The minimum Gasteiger partial charge on any atom is -0.370 e. The largest absolute Gasteiger partial charge is 0.370 e. The van der Waals surface area contributed by atoms with E-state index in [0.29, 0.717) is 34.3 Å². The summed E-state index contributed by atoms with van der Waals surface area (Å²) in [7, 11) is 0. The van der Waals surface area contributed by atoms with Gasteiger partial charge >= 0.3 is 6.03 Å². The number of carbonyl (C=O) groups is 2. The van der Waals surface area contributed by atoms with Crippen LogP contribution in [0.15, 0.2) is 76.7 Å². The van der Waals surface area contributed by atoms with Gasteiger partial charge in [-0.2, -0.15) is 0 Å². The van der Waals surface area contributed by atoms with Gasteiger partial charge in [-0.1, -0.05) is 6.92 Å². The highest BCUT2D eigenvalue weighted by molar-refractivity contribution is 7.80. The Morgan fingerprint density at radius 2 is 1.23 bits per heavy atom. The summed E-state index contributed by atoms with van der Waals surface area (Å²) < 4.78 is 0. The Hall–Kier alpha value is -4.97. The lowest BCUT2D eigenvalue weighted by molar-refractivity contribution is 0.0953. The van der Waals surface area contributed by atoms with Crippen LogP contribution >= 0.6 is 12.2 Å². The summed E-state index contributed by atoms with van der Waals surface area (Å²) in [5, 5.41) is 21.8. The van der Waals surface area contributed by atoms with Crippen molar-refractivity contribution in [1.82, 2.24) is 16.0 Å². The Bertz CT molecular complexity index is 1450. The molecule has 7 N–H and O–H groups in total. The van der Waals surface area contributed by atoms with Crippen molar-refractivity contribution in [3.63, 3.8) is 0 Å². The fourth-order valence-corrected chi connectivity index (χ4v) is 4.94. The fraction of sp³-hybridized carbons (Fsp3) is 0.281. The van der Waals surface area contributed by atoms with E-state index in [1.807, 2.05) is 55.5 Å². The lowest BCUT2D eigenvalue weighted by atomic mass is 10.1. The summed E-state index contributed by atoms with van der Waals surface area (Å²) in [4.78, 5) is 34.8. The first-order chi connectivity index (χ1) is 21.5. The average molecular weight is 612 g/mol. The molecule has 44 heavy (non-hydrogen) atoms. The van der Waals surface area contributed by atoms with Crippen LogP contribution in [0.1, 0.15) is 47.7 Å². The molecule has 11 nitrogen and oxygen atoms in total. The highest BCUT2D eigenvalue weighted by atomic mass is 32.1. The number of thiocarbonyl (C=S) groups is 1. The molecule has 2 aliphatic heterocycles. The van der Waals surface area contributed by atoms with E-state index < -0.39 is 6.03 Å². The molecule has 3 aromatic rings. The van der Waals surface area contributed by atoms with Gasteiger partial charge in [0.25, 0.3) is 5.91 Å². The molecule has 0 saturated heterocycles. The van der Waals surface area contributed by atoms with Crippen LogP contribution in [0.3, 0.4) is 0 Å². The van der Waals surface area contributed by atoms with Gasteiger partial charge in [-0.15, -0.1) is 0 Å². The molecule has 0 spiro atoms. The molecule has 0 unspecified atom stereocenters. The lowest BCUT2D eigenvalue weighted by Crippen LogP contribution is -2.30. The van der Waals surface area contributed by atoms with Gasteiger partial charge in [0.1, 0.15) is 11.7 Å². The topological polar surface area (TPSA) is 143 Å². The molecule has 0 radical (unpaired) electrons. The summed E-state index contributed by atoms with van der Waals surface area (Å²) in [5.74, 6) is 1.51. The molecule has 0 bridgehead atoms. The van der Waals surface area contributed by atoms with Crippen LogP contribution in [-0.4, -0.2) is 61.4 Å². The molecule has 0 atom stereocenters. The fourth-order valence-electron chi connectivity index (χ4n) is 4.71. The van der Waals surface area contributed by atoms with Gasteiger partial charge in [0.05, 0.1) is 0 Å². The molecule has 2 aliphatic rings. The van der Waals surface area contributed by atoms with Crippen LogP contribution in [0.5, 0.6) is 0 Å². The van der Waals surface area contributed by atoms with Crippen molar-refractivity contribution in [2.75, 3.05) is 54.0 Å². The molecule has 0 aliphatic carbocycles. The van der Waals surface area contributed by atoms with E-state index in [9.17, 15) is 9.59 Å². The van der Waals surface area contributed by atoms with Gasteiger partial charge < -0.3 is 37.2 Å². The van der Waals surface area contributed by atoms with E-state index in [1.165, 1.54) is 0 Å². The van der Waals surface area contributed by atoms with Crippen molar-refractivity contribution in [3.05, 3.63) is 83.4 Å². The maximum absolute atomic E-state index is 12.9. The van der Waals surface area contributed by atoms with Crippen molar-refractivity contribution in [1.29, 1.82) is 0 Å². The summed E-state index contributed by atoms with van der Waals surface area (Å²) in [5.41, 5.74) is 4.77. The number of amides is 3. The monoisotopic (exact) mass is 611 g/mol. The van der Waals surface area contributed by atoms with E-state index in [-0.39, 0.29) is 5.91 Å². The number of rotatable bonds is 9. The highest BCUT2D eigenvalue weighted by Crippen LogP contribution is 2.21. The van der Waals surface area contributed by atoms with Crippen molar-refractivity contribution < 1.29 is 9.59 Å². The van der Waals surface area contributed by atoms with Crippen LogP contribution in [0.25, 0.3) is 0 Å². The summed E-state index contributed by atoms with van der Waals surface area (Å²) >= 11 is 5.56. The first kappa shape index (κ1) is 30.5. The Kier molecular flexibility index (Phi) is 10.4. The molecule has 3 amide bonds. The van der Waals surface area contributed by atoms with Crippen molar-refractivity contribution >= 4 is 63.7 Å². The third-order valence-corrected chi connectivity index (χ3v) is 7.08. The highest BCUT2D eigenvalue weighted by Gasteiger charge is 2.13. The number of hydrogen-bond acceptors (Lipinski definition) is 7. The van der Waals surface area contributed by atoms with Crippen LogP contribution in [0.2, 0.25) is 0 Å². The number of benzene rings is 3. The predicted molar refractivity (Wildman–Crippen MR) is 182 cm³/mol. The van der Waals surface area contributed by atoms with Gasteiger partial charge in [-0.25, -0.2) is 4.79 Å². The molecule has 3 aromatic carbocycles. The van der Waals surface area contributed by atoms with Crippen LogP contribution in [0, 0.1) is 0 Å². The second-order valence-corrected chi connectivity index (χ2v) is 10.8. The minimum atomic E-state index is -0.444. The number of urea groups is 1. The Morgan fingerprint density at radius 3 is 1.75 bits per heavy atom. The van der Waals surface area contributed by atoms with E-state index in [2.05, 4.69) is 47.2 Å².